The van der Waals surface area contributed by atoms with Crippen molar-refractivity contribution in [1.29, 1.82) is 0 Å². The predicted octanol–water partition coefficient (Wildman–Crippen LogP) is 4.32. The van der Waals surface area contributed by atoms with E-state index in [9.17, 15) is 4.79 Å². The number of methoxy groups -OCH3 is 2. The number of hydrogen-bond donors (Lipinski definition) is 1. The van der Waals surface area contributed by atoms with Crippen LogP contribution in [0.25, 0.3) is 6.08 Å². The van der Waals surface area contributed by atoms with Crippen LogP contribution in [0.2, 0.25) is 5.02 Å². The van der Waals surface area contributed by atoms with Gasteiger partial charge in [-0.25, -0.2) is 0 Å². The Morgan fingerprint density at radius 2 is 1.96 bits per heavy atom. The van der Waals surface area contributed by atoms with Crippen molar-refractivity contribution < 1.29 is 14.3 Å². The molecule has 2 aromatic carbocycles. The molecule has 0 saturated heterocycles. The molecule has 1 N–H and O–H groups in total. The van der Waals surface area contributed by atoms with E-state index < -0.39 is 0 Å². The lowest BCUT2D eigenvalue weighted by Crippen LogP contribution is -2.09. The summed E-state index contributed by atoms with van der Waals surface area (Å²) >= 11 is 6.04. The van der Waals surface area contributed by atoms with Gasteiger partial charge in [0.15, 0.2) is 0 Å². The summed E-state index contributed by atoms with van der Waals surface area (Å²) in [6.45, 7) is 1.86. The minimum atomic E-state index is -0.242. The lowest BCUT2D eigenvalue weighted by Gasteiger charge is -2.08. The molecule has 0 aliphatic carbocycles. The maximum atomic E-state index is 12.1. The average molecular weight is 332 g/mol. The maximum absolute atomic E-state index is 12.1. The molecule has 0 radical (unpaired) electrons. The first-order valence-corrected chi connectivity index (χ1v) is 7.39. The van der Waals surface area contributed by atoms with Crippen LogP contribution in [-0.2, 0) is 4.79 Å². The van der Waals surface area contributed by atoms with Crippen molar-refractivity contribution in [2.45, 2.75) is 6.92 Å². The Labute approximate surface area is 140 Å². The first kappa shape index (κ1) is 16.9. The van der Waals surface area contributed by atoms with Crippen molar-refractivity contribution in [3.63, 3.8) is 0 Å². The summed E-state index contributed by atoms with van der Waals surface area (Å²) in [5, 5.41) is 3.42. The standard InChI is InChI=1S/C18H18ClNO3/c1-12-15(19)5-4-6-16(12)20-18(21)10-8-13-7-9-14(22-2)11-17(13)23-3/h4-11H,1-3H3,(H,20,21)/b10-8+. The van der Waals surface area contributed by atoms with Gasteiger partial charge in [-0.1, -0.05) is 17.7 Å². The summed E-state index contributed by atoms with van der Waals surface area (Å²) in [5.74, 6) is 1.08. The van der Waals surface area contributed by atoms with Gasteiger partial charge < -0.3 is 14.8 Å². The van der Waals surface area contributed by atoms with Crippen molar-refractivity contribution >= 4 is 29.3 Å². The largest absolute Gasteiger partial charge is 0.497 e. The van der Waals surface area contributed by atoms with E-state index in [2.05, 4.69) is 5.32 Å². The van der Waals surface area contributed by atoms with E-state index >= 15 is 0 Å². The number of ether oxygens (including phenoxy) is 2. The van der Waals surface area contributed by atoms with Crippen LogP contribution in [0.4, 0.5) is 5.69 Å². The second-order valence-electron chi connectivity index (χ2n) is 4.84. The summed E-state index contributed by atoms with van der Waals surface area (Å²) < 4.78 is 10.4. The molecule has 1 amide bonds. The monoisotopic (exact) mass is 331 g/mol. The molecule has 4 nitrogen and oxygen atoms in total. The zero-order chi connectivity index (χ0) is 16.8. The van der Waals surface area contributed by atoms with Gasteiger partial charge >= 0.3 is 0 Å². The Kier molecular flexibility index (Phi) is 5.66. The van der Waals surface area contributed by atoms with E-state index in [0.29, 0.717) is 22.2 Å². The Hall–Kier alpha value is -2.46. The molecule has 5 heteroatoms. The molecule has 2 rings (SSSR count). The lowest BCUT2D eigenvalue weighted by molar-refractivity contribution is -0.111. The minimum absolute atomic E-state index is 0.242. The van der Waals surface area contributed by atoms with E-state index in [-0.39, 0.29) is 5.91 Å². The highest BCUT2D eigenvalue weighted by Gasteiger charge is 2.06. The number of carbonyl (C=O) groups is 1. The fourth-order valence-electron chi connectivity index (χ4n) is 2.04. The molecule has 0 atom stereocenters. The van der Waals surface area contributed by atoms with Gasteiger partial charge in [-0.05, 0) is 42.8 Å². The highest BCUT2D eigenvalue weighted by molar-refractivity contribution is 6.31. The zero-order valence-corrected chi connectivity index (χ0v) is 14.0. The van der Waals surface area contributed by atoms with Crippen LogP contribution in [0.3, 0.4) is 0 Å². The molecule has 0 bridgehead atoms. The molecule has 2 aromatic rings. The zero-order valence-electron chi connectivity index (χ0n) is 13.2. The molecule has 0 heterocycles. The summed E-state index contributed by atoms with van der Waals surface area (Å²) in [6.07, 6.45) is 3.14. The highest BCUT2D eigenvalue weighted by atomic mass is 35.5. The molecule has 0 aliphatic heterocycles. The molecule has 0 aromatic heterocycles. The maximum Gasteiger partial charge on any atom is 0.248 e. The number of amides is 1. The van der Waals surface area contributed by atoms with Crippen molar-refractivity contribution in [3.8, 4) is 11.5 Å². The van der Waals surface area contributed by atoms with Crippen LogP contribution in [0, 0.1) is 6.92 Å². The normalized spacial score (nSPS) is 10.6. The van der Waals surface area contributed by atoms with E-state index in [4.69, 9.17) is 21.1 Å². The Bertz CT molecular complexity index is 741. The van der Waals surface area contributed by atoms with Gasteiger partial charge in [0.25, 0.3) is 0 Å². The van der Waals surface area contributed by atoms with Gasteiger partial charge in [-0.3, -0.25) is 4.79 Å². The van der Waals surface area contributed by atoms with Crippen LogP contribution < -0.4 is 14.8 Å². The van der Waals surface area contributed by atoms with E-state index in [1.54, 1.807) is 50.6 Å². The first-order chi connectivity index (χ1) is 11.0. The predicted molar refractivity (Wildman–Crippen MR) is 93.4 cm³/mol. The van der Waals surface area contributed by atoms with Gasteiger partial charge in [-0.2, -0.15) is 0 Å². The molecular formula is C18H18ClNO3. The summed E-state index contributed by atoms with van der Waals surface area (Å²) in [7, 11) is 3.16. The van der Waals surface area contributed by atoms with Crippen LogP contribution in [0.15, 0.2) is 42.5 Å². The van der Waals surface area contributed by atoms with Crippen LogP contribution >= 0.6 is 11.6 Å². The SMILES string of the molecule is COc1ccc(/C=C/C(=O)Nc2cccc(Cl)c2C)c(OC)c1. The molecule has 0 fully saturated rings. The Morgan fingerprint density at radius 1 is 1.17 bits per heavy atom. The van der Waals surface area contributed by atoms with E-state index in [1.165, 1.54) is 6.08 Å². The van der Waals surface area contributed by atoms with Crippen molar-refractivity contribution in [1.82, 2.24) is 0 Å². The molecule has 120 valence electrons. The second kappa shape index (κ2) is 7.70. The number of benzene rings is 2. The van der Waals surface area contributed by atoms with Gasteiger partial charge in [0.05, 0.1) is 14.2 Å². The number of hydrogen-bond acceptors (Lipinski definition) is 3. The third-order valence-corrected chi connectivity index (χ3v) is 3.79. The van der Waals surface area contributed by atoms with E-state index in [1.807, 2.05) is 13.0 Å². The fraction of sp³-hybridized carbons (Fsp3) is 0.167. The van der Waals surface area contributed by atoms with E-state index in [0.717, 1.165) is 11.1 Å². The number of nitrogens with one attached hydrogen (secondary N) is 1. The molecule has 0 aliphatic rings. The van der Waals surface area contributed by atoms with Crippen molar-refractivity contribution in [2.24, 2.45) is 0 Å². The lowest BCUT2D eigenvalue weighted by atomic mass is 10.1. The number of halogens is 1. The van der Waals surface area contributed by atoms with Crippen LogP contribution in [-0.4, -0.2) is 20.1 Å². The summed E-state index contributed by atoms with van der Waals surface area (Å²) in [5.41, 5.74) is 2.30. The molecule has 0 unspecified atom stereocenters. The minimum Gasteiger partial charge on any atom is -0.497 e. The van der Waals surface area contributed by atoms with Crippen molar-refractivity contribution in [3.05, 3.63) is 58.6 Å². The van der Waals surface area contributed by atoms with Crippen molar-refractivity contribution in [2.75, 3.05) is 19.5 Å². The second-order valence-corrected chi connectivity index (χ2v) is 5.25. The van der Waals surface area contributed by atoms with Gasteiger partial charge in [-0.15, -0.1) is 0 Å². The third-order valence-electron chi connectivity index (χ3n) is 3.38. The molecule has 23 heavy (non-hydrogen) atoms. The fourth-order valence-corrected chi connectivity index (χ4v) is 2.21. The van der Waals surface area contributed by atoms with Gasteiger partial charge in [0.1, 0.15) is 11.5 Å². The first-order valence-electron chi connectivity index (χ1n) is 7.01. The number of anilines is 1. The topological polar surface area (TPSA) is 47.6 Å². The summed E-state index contributed by atoms with van der Waals surface area (Å²) in [6, 6.07) is 10.8. The highest BCUT2D eigenvalue weighted by Crippen LogP contribution is 2.26. The van der Waals surface area contributed by atoms with Gasteiger partial charge in [0.2, 0.25) is 5.91 Å². The Morgan fingerprint density at radius 3 is 2.65 bits per heavy atom. The number of carbonyl (C=O) groups excluding carboxylic acids is 1. The van der Waals surface area contributed by atoms with Crippen LogP contribution in [0.1, 0.15) is 11.1 Å². The Balaban J connectivity index is 2.14. The van der Waals surface area contributed by atoms with Gasteiger partial charge in [0, 0.05) is 28.4 Å². The molecule has 0 spiro atoms. The summed E-state index contributed by atoms with van der Waals surface area (Å²) in [4.78, 5) is 12.1. The van der Waals surface area contributed by atoms with Crippen LogP contribution in [0.5, 0.6) is 11.5 Å². The smallest absolute Gasteiger partial charge is 0.248 e. The molecular weight excluding hydrogens is 314 g/mol. The third kappa shape index (κ3) is 4.27. The molecule has 0 saturated carbocycles. The number of rotatable bonds is 5. The quantitative estimate of drug-likeness (QED) is 0.830. The average Bonchev–Trinajstić information content (AvgIpc) is 2.57.